The summed E-state index contributed by atoms with van der Waals surface area (Å²) >= 11 is 6.36. The lowest BCUT2D eigenvalue weighted by Crippen LogP contribution is -2.17. The van der Waals surface area contributed by atoms with Crippen molar-refractivity contribution in [3.63, 3.8) is 0 Å². The summed E-state index contributed by atoms with van der Waals surface area (Å²) in [6, 6.07) is 1.78. The summed E-state index contributed by atoms with van der Waals surface area (Å²) in [5, 5.41) is 3.05. The normalized spacial score (nSPS) is 17.4. The van der Waals surface area contributed by atoms with Crippen LogP contribution < -0.4 is 15.8 Å². The topological polar surface area (TPSA) is 94.5 Å². The van der Waals surface area contributed by atoms with Crippen molar-refractivity contribution in [1.29, 1.82) is 0 Å². The fourth-order valence-corrected chi connectivity index (χ4v) is 4.45. The van der Waals surface area contributed by atoms with Crippen molar-refractivity contribution in [2.75, 3.05) is 12.3 Å². The van der Waals surface area contributed by atoms with Crippen molar-refractivity contribution in [3.8, 4) is 5.75 Å². The van der Waals surface area contributed by atoms with Crippen LogP contribution >= 0.6 is 11.6 Å². The first-order valence-corrected chi connectivity index (χ1v) is 10.6. The van der Waals surface area contributed by atoms with Gasteiger partial charge in [0.05, 0.1) is 6.10 Å². The van der Waals surface area contributed by atoms with Crippen LogP contribution in [0.3, 0.4) is 0 Å². The SMILES string of the molecule is Cc1cc(C(C)c2nc(Cl)c3c(N)nccn23)c(OC(C)C)c(C2CNC(=O)C2)c1F. The number of carbonyl (C=O) groups is 1. The Balaban J connectivity index is 1.93. The molecule has 0 bridgehead atoms. The van der Waals surface area contributed by atoms with E-state index in [1.165, 1.54) is 0 Å². The molecule has 2 unspecified atom stereocenters. The van der Waals surface area contributed by atoms with E-state index in [-0.39, 0.29) is 47.1 Å². The lowest BCUT2D eigenvalue weighted by Gasteiger charge is -2.25. The Bertz CT molecular complexity index is 1180. The van der Waals surface area contributed by atoms with E-state index in [4.69, 9.17) is 22.1 Å². The molecule has 7 nitrogen and oxygen atoms in total. The van der Waals surface area contributed by atoms with Gasteiger partial charge in [-0.2, -0.15) is 0 Å². The first kappa shape index (κ1) is 21.4. The van der Waals surface area contributed by atoms with E-state index in [2.05, 4.69) is 15.3 Å². The number of nitrogens with one attached hydrogen (secondary N) is 1. The van der Waals surface area contributed by atoms with E-state index in [0.717, 1.165) is 5.56 Å². The van der Waals surface area contributed by atoms with Crippen LogP contribution in [0.1, 0.15) is 61.5 Å². The van der Waals surface area contributed by atoms with Crippen molar-refractivity contribution >= 4 is 28.8 Å². The number of halogens is 2. The highest BCUT2D eigenvalue weighted by molar-refractivity contribution is 6.33. The number of hydrogen-bond donors (Lipinski definition) is 2. The number of ether oxygens (including phenoxy) is 1. The maximum absolute atomic E-state index is 15.4. The number of nitrogen functional groups attached to an aromatic ring is 1. The second kappa shape index (κ2) is 8.00. The molecule has 1 amide bonds. The molecule has 0 saturated carbocycles. The molecule has 4 rings (SSSR count). The van der Waals surface area contributed by atoms with Gasteiger partial charge in [-0.1, -0.05) is 18.5 Å². The number of nitrogens with two attached hydrogens (primary N) is 1. The van der Waals surface area contributed by atoms with Crippen LogP contribution in [-0.4, -0.2) is 32.9 Å². The minimum atomic E-state index is -0.340. The summed E-state index contributed by atoms with van der Waals surface area (Å²) < 4.78 is 23.3. The van der Waals surface area contributed by atoms with Gasteiger partial charge >= 0.3 is 0 Å². The molecule has 3 N–H and O–H groups in total. The highest BCUT2D eigenvalue weighted by atomic mass is 35.5. The number of amides is 1. The third-order valence-corrected chi connectivity index (χ3v) is 5.89. The van der Waals surface area contributed by atoms with Gasteiger partial charge in [-0.25, -0.2) is 14.4 Å². The third kappa shape index (κ3) is 3.69. The second-order valence-corrected chi connectivity index (χ2v) is 8.58. The lowest BCUT2D eigenvalue weighted by molar-refractivity contribution is -0.119. The molecule has 1 aliphatic rings. The van der Waals surface area contributed by atoms with Crippen LogP contribution in [0.2, 0.25) is 5.15 Å². The quantitative estimate of drug-likeness (QED) is 0.620. The number of imidazole rings is 1. The number of anilines is 1. The molecule has 2 atom stereocenters. The smallest absolute Gasteiger partial charge is 0.220 e. The Morgan fingerprint density at radius 3 is 2.77 bits per heavy atom. The number of aromatic nitrogens is 3. The third-order valence-electron chi connectivity index (χ3n) is 5.62. The molecule has 1 saturated heterocycles. The summed E-state index contributed by atoms with van der Waals surface area (Å²) in [6.07, 6.45) is 3.37. The van der Waals surface area contributed by atoms with E-state index >= 15 is 4.39 Å². The molecule has 3 aromatic rings. The molecular weight excluding hydrogens is 421 g/mol. The average Bonchev–Trinajstić information content (AvgIpc) is 3.28. The van der Waals surface area contributed by atoms with Crippen LogP contribution in [0.15, 0.2) is 18.5 Å². The summed E-state index contributed by atoms with van der Waals surface area (Å²) in [5.41, 5.74) is 8.23. The predicted molar refractivity (Wildman–Crippen MR) is 117 cm³/mol. The maximum Gasteiger partial charge on any atom is 0.220 e. The minimum absolute atomic E-state index is 0.0926. The van der Waals surface area contributed by atoms with Crippen molar-refractivity contribution in [1.82, 2.24) is 19.7 Å². The molecule has 1 aromatic carbocycles. The molecule has 1 fully saturated rings. The van der Waals surface area contributed by atoms with Crippen molar-refractivity contribution in [2.24, 2.45) is 0 Å². The molecule has 164 valence electrons. The zero-order valence-electron chi connectivity index (χ0n) is 17.9. The average molecular weight is 446 g/mol. The Morgan fingerprint density at radius 2 is 2.13 bits per heavy atom. The molecule has 0 aliphatic carbocycles. The first-order chi connectivity index (χ1) is 14.7. The standard InChI is InChI=1S/C22H25ClFN5O2/c1-10(2)31-19-14(7-11(3)17(24)16(19)13-8-15(30)27-9-13)12(4)22-28-20(23)18-21(25)26-5-6-29(18)22/h5-7,10,12-13H,8-9H2,1-4H3,(H2,25,26)(H,27,30). The summed E-state index contributed by atoms with van der Waals surface area (Å²) in [6.45, 7) is 7.84. The van der Waals surface area contributed by atoms with Gasteiger partial charge in [-0.15, -0.1) is 0 Å². The predicted octanol–water partition coefficient (Wildman–Crippen LogP) is 3.95. The number of hydrogen-bond acceptors (Lipinski definition) is 5. The lowest BCUT2D eigenvalue weighted by atomic mass is 9.88. The van der Waals surface area contributed by atoms with E-state index in [1.54, 1.807) is 29.8 Å². The van der Waals surface area contributed by atoms with Gasteiger partial charge in [-0.05, 0) is 32.4 Å². The summed E-state index contributed by atoms with van der Waals surface area (Å²) in [7, 11) is 0. The van der Waals surface area contributed by atoms with Gasteiger partial charge < -0.3 is 15.8 Å². The monoisotopic (exact) mass is 445 g/mol. The zero-order chi connectivity index (χ0) is 22.4. The molecule has 31 heavy (non-hydrogen) atoms. The number of fused-ring (bicyclic) bond motifs is 1. The van der Waals surface area contributed by atoms with E-state index in [9.17, 15) is 4.79 Å². The highest BCUT2D eigenvalue weighted by Crippen LogP contribution is 2.43. The number of aryl methyl sites for hydroxylation is 1. The Morgan fingerprint density at radius 1 is 1.39 bits per heavy atom. The summed E-state index contributed by atoms with van der Waals surface area (Å²) in [5.74, 6) is 0.356. The van der Waals surface area contributed by atoms with Gasteiger partial charge in [0.2, 0.25) is 5.91 Å². The van der Waals surface area contributed by atoms with E-state index < -0.39 is 0 Å². The summed E-state index contributed by atoms with van der Waals surface area (Å²) in [4.78, 5) is 20.5. The minimum Gasteiger partial charge on any atom is -0.490 e. The molecule has 0 spiro atoms. The van der Waals surface area contributed by atoms with Crippen LogP contribution in [-0.2, 0) is 4.79 Å². The van der Waals surface area contributed by atoms with Crippen LogP contribution in [0.4, 0.5) is 10.2 Å². The largest absolute Gasteiger partial charge is 0.490 e. The Labute approximate surface area is 184 Å². The maximum atomic E-state index is 15.4. The van der Waals surface area contributed by atoms with Crippen LogP contribution in [0, 0.1) is 12.7 Å². The number of rotatable bonds is 5. The Kier molecular flexibility index (Phi) is 5.51. The van der Waals surface area contributed by atoms with Crippen LogP contribution in [0.5, 0.6) is 5.75 Å². The molecule has 1 aliphatic heterocycles. The highest BCUT2D eigenvalue weighted by Gasteiger charge is 2.33. The fourth-order valence-electron chi connectivity index (χ4n) is 4.18. The fraction of sp³-hybridized carbons (Fsp3) is 0.409. The number of carbonyl (C=O) groups excluding carboxylic acids is 1. The van der Waals surface area contributed by atoms with Gasteiger partial charge in [0.15, 0.2) is 11.0 Å². The zero-order valence-corrected chi connectivity index (χ0v) is 18.6. The first-order valence-electron chi connectivity index (χ1n) is 10.2. The van der Waals surface area contributed by atoms with Crippen molar-refractivity contribution in [3.05, 3.63) is 51.9 Å². The molecule has 0 radical (unpaired) electrons. The molecule has 2 aromatic heterocycles. The van der Waals surface area contributed by atoms with Crippen LogP contribution in [0.25, 0.3) is 5.52 Å². The van der Waals surface area contributed by atoms with Gasteiger partial charge in [0.25, 0.3) is 0 Å². The Hall–Kier alpha value is -2.87. The number of nitrogens with zero attached hydrogens (tertiary/aromatic N) is 3. The van der Waals surface area contributed by atoms with Crippen molar-refractivity contribution < 1.29 is 13.9 Å². The van der Waals surface area contributed by atoms with Gasteiger partial charge in [0.1, 0.15) is 22.9 Å². The van der Waals surface area contributed by atoms with Gasteiger partial charge in [-0.3, -0.25) is 9.20 Å². The molecular formula is C22H25ClFN5O2. The van der Waals surface area contributed by atoms with E-state index in [1.807, 2.05) is 20.8 Å². The second-order valence-electron chi connectivity index (χ2n) is 8.22. The van der Waals surface area contributed by atoms with E-state index in [0.29, 0.717) is 34.8 Å². The van der Waals surface area contributed by atoms with Crippen molar-refractivity contribution in [2.45, 2.75) is 52.1 Å². The molecule has 9 heteroatoms. The number of benzene rings is 1. The van der Waals surface area contributed by atoms with Gasteiger partial charge in [0, 0.05) is 48.3 Å². The molecule has 3 heterocycles.